The van der Waals surface area contributed by atoms with Gasteiger partial charge < -0.3 is 25.5 Å². The highest BCUT2D eigenvalue weighted by Gasteiger charge is 2.24. The van der Waals surface area contributed by atoms with E-state index in [0.29, 0.717) is 0 Å². The molecule has 0 amide bonds. The molecular weight excluding hydrogens is 138 g/mol. The molecule has 0 aromatic heterocycles. The van der Waals surface area contributed by atoms with Crippen LogP contribution in [0.5, 0.6) is 0 Å². The second-order valence-corrected chi connectivity index (χ2v) is 2.40. The average molecular weight is 146 g/mol. The highest BCUT2D eigenvalue weighted by Crippen LogP contribution is 1.98. The molecule has 0 aliphatic rings. The molecule has 0 unspecified atom stereocenters. The van der Waals surface area contributed by atoms with Gasteiger partial charge in [-0.15, -0.1) is 0 Å². The van der Waals surface area contributed by atoms with Crippen molar-refractivity contribution in [1.82, 2.24) is 0 Å². The molecule has 58 valence electrons. The SMILES string of the molecule is C[C@]([NH3+])(CC(=O)[O-])C(=O)[O-]. The smallest absolute Gasteiger partial charge is 0.137 e. The van der Waals surface area contributed by atoms with Crippen LogP contribution in [0.4, 0.5) is 0 Å². The molecule has 0 radical (unpaired) electrons. The van der Waals surface area contributed by atoms with Gasteiger partial charge in [-0.2, -0.15) is 0 Å². The summed E-state index contributed by atoms with van der Waals surface area (Å²) >= 11 is 0. The zero-order chi connectivity index (χ0) is 8.36. The van der Waals surface area contributed by atoms with Crippen molar-refractivity contribution in [2.75, 3.05) is 0 Å². The molecule has 10 heavy (non-hydrogen) atoms. The molecule has 0 rings (SSSR count). The molecule has 0 heterocycles. The standard InChI is InChI=1S/C5H9NO4/c1-5(6,4(9)10)2-3(7)8/h2,6H2,1H3,(H,7,8)(H,9,10)/p-1/t5-/m0/s1. The molecule has 0 spiro atoms. The molecule has 0 saturated heterocycles. The normalized spacial score (nSPS) is 15.8. The van der Waals surface area contributed by atoms with Crippen molar-refractivity contribution >= 4 is 11.9 Å². The molecule has 0 aromatic carbocycles. The van der Waals surface area contributed by atoms with Crippen molar-refractivity contribution in [3.63, 3.8) is 0 Å². The van der Waals surface area contributed by atoms with Crippen LogP contribution in [0, 0.1) is 0 Å². The van der Waals surface area contributed by atoms with Gasteiger partial charge in [0.2, 0.25) is 0 Å². The van der Waals surface area contributed by atoms with Gasteiger partial charge >= 0.3 is 0 Å². The Balaban J connectivity index is 4.13. The predicted molar refractivity (Wildman–Crippen MR) is 25.9 cm³/mol. The lowest BCUT2D eigenvalue weighted by Crippen LogP contribution is -2.79. The fraction of sp³-hybridized carbons (Fsp3) is 0.600. The second-order valence-electron chi connectivity index (χ2n) is 2.40. The molecule has 0 bridgehead atoms. The first-order valence-corrected chi connectivity index (χ1v) is 2.63. The van der Waals surface area contributed by atoms with Crippen LogP contribution >= 0.6 is 0 Å². The van der Waals surface area contributed by atoms with E-state index in [4.69, 9.17) is 0 Å². The predicted octanol–water partition coefficient (Wildman–Crippen LogP) is -4.12. The zero-order valence-electron chi connectivity index (χ0n) is 5.55. The molecular formula is C5H8NO4-. The minimum atomic E-state index is -1.58. The van der Waals surface area contributed by atoms with E-state index >= 15 is 0 Å². The Bertz CT molecular complexity index is 163. The maximum atomic E-state index is 10.1. The molecule has 3 N–H and O–H groups in total. The van der Waals surface area contributed by atoms with E-state index in [9.17, 15) is 19.8 Å². The van der Waals surface area contributed by atoms with Gasteiger partial charge in [0.05, 0.1) is 0 Å². The lowest BCUT2D eigenvalue weighted by Gasteiger charge is -2.21. The van der Waals surface area contributed by atoms with E-state index in [1.54, 1.807) is 0 Å². The van der Waals surface area contributed by atoms with Crippen molar-refractivity contribution in [1.29, 1.82) is 0 Å². The topological polar surface area (TPSA) is 108 Å². The Hall–Kier alpha value is -1.10. The molecule has 0 aromatic rings. The second kappa shape index (κ2) is 2.66. The maximum absolute atomic E-state index is 10.1. The highest BCUT2D eigenvalue weighted by atomic mass is 16.4. The summed E-state index contributed by atoms with van der Waals surface area (Å²) in [5.41, 5.74) is 1.54. The summed E-state index contributed by atoms with van der Waals surface area (Å²) in [7, 11) is 0. The largest absolute Gasteiger partial charge is 0.550 e. The summed E-state index contributed by atoms with van der Waals surface area (Å²) in [6.45, 7) is 1.16. The zero-order valence-corrected chi connectivity index (χ0v) is 5.55. The summed E-state index contributed by atoms with van der Waals surface area (Å²) in [5, 5.41) is 20.0. The van der Waals surface area contributed by atoms with Gasteiger partial charge in [0.1, 0.15) is 11.5 Å². The molecule has 0 fully saturated rings. The third kappa shape index (κ3) is 2.45. The third-order valence-corrected chi connectivity index (χ3v) is 1.03. The number of rotatable bonds is 3. The number of carboxylic acid groups (broad SMARTS) is 2. The van der Waals surface area contributed by atoms with Crippen LogP contribution in [0.2, 0.25) is 0 Å². The van der Waals surface area contributed by atoms with Gasteiger partial charge in [-0.05, 0) is 6.92 Å². The highest BCUT2D eigenvalue weighted by molar-refractivity contribution is 5.80. The van der Waals surface area contributed by atoms with Gasteiger partial charge in [-0.1, -0.05) is 0 Å². The summed E-state index contributed by atoms with van der Waals surface area (Å²) in [4.78, 5) is 20.0. The number of aliphatic carboxylic acids is 2. The molecule has 1 atom stereocenters. The first-order valence-electron chi connectivity index (χ1n) is 2.63. The van der Waals surface area contributed by atoms with E-state index in [0.717, 1.165) is 6.92 Å². The van der Waals surface area contributed by atoms with Gasteiger partial charge in [0.15, 0.2) is 0 Å². The van der Waals surface area contributed by atoms with Gasteiger partial charge in [0.25, 0.3) is 0 Å². The van der Waals surface area contributed by atoms with Crippen LogP contribution in [0.15, 0.2) is 0 Å². The van der Waals surface area contributed by atoms with Crippen LogP contribution in [0.1, 0.15) is 13.3 Å². The van der Waals surface area contributed by atoms with Crippen LogP contribution in [-0.4, -0.2) is 17.5 Å². The number of carboxylic acids is 2. The van der Waals surface area contributed by atoms with E-state index < -0.39 is 23.9 Å². The number of quaternary nitrogens is 1. The van der Waals surface area contributed by atoms with Gasteiger partial charge in [-0.25, -0.2) is 0 Å². The summed E-state index contributed by atoms with van der Waals surface area (Å²) < 4.78 is 0. The van der Waals surface area contributed by atoms with Crippen molar-refractivity contribution in [2.24, 2.45) is 0 Å². The summed E-state index contributed by atoms with van der Waals surface area (Å²) in [6.07, 6.45) is -0.630. The van der Waals surface area contributed by atoms with Crippen molar-refractivity contribution in [3.05, 3.63) is 0 Å². The van der Waals surface area contributed by atoms with Gasteiger partial charge in [-0.3, -0.25) is 0 Å². The van der Waals surface area contributed by atoms with E-state index in [1.165, 1.54) is 0 Å². The average Bonchev–Trinajstić information content (AvgIpc) is 1.60. The molecule has 5 heteroatoms. The lowest BCUT2D eigenvalue weighted by atomic mass is 10.0. The summed E-state index contributed by atoms with van der Waals surface area (Å²) in [6, 6.07) is 0. The Morgan fingerprint density at radius 2 is 1.90 bits per heavy atom. The van der Waals surface area contributed by atoms with Crippen LogP contribution < -0.4 is 15.9 Å². The van der Waals surface area contributed by atoms with Gasteiger partial charge in [0, 0.05) is 12.4 Å². The number of hydrogen-bond donors (Lipinski definition) is 1. The van der Waals surface area contributed by atoms with Crippen molar-refractivity contribution in [3.8, 4) is 0 Å². The Morgan fingerprint density at radius 3 is 2.00 bits per heavy atom. The Morgan fingerprint density at radius 1 is 1.50 bits per heavy atom. The van der Waals surface area contributed by atoms with Crippen LogP contribution in [-0.2, 0) is 9.59 Å². The minimum absolute atomic E-state index is 0.630. The van der Waals surface area contributed by atoms with E-state index in [1.807, 2.05) is 0 Å². The summed E-state index contributed by atoms with van der Waals surface area (Å²) in [5.74, 6) is -2.93. The Kier molecular flexibility index (Phi) is 2.36. The molecule has 5 nitrogen and oxygen atoms in total. The fourth-order valence-corrected chi connectivity index (χ4v) is 0.391. The van der Waals surface area contributed by atoms with Crippen molar-refractivity contribution in [2.45, 2.75) is 18.9 Å². The molecule has 0 aliphatic carbocycles. The molecule has 0 aliphatic heterocycles. The first-order chi connectivity index (χ1) is 4.36. The number of carbonyl (C=O) groups excluding carboxylic acids is 2. The third-order valence-electron chi connectivity index (χ3n) is 1.03. The quantitative estimate of drug-likeness (QED) is 0.436. The molecule has 0 saturated carbocycles. The maximum Gasteiger partial charge on any atom is 0.137 e. The number of carbonyl (C=O) groups is 2. The van der Waals surface area contributed by atoms with E-state index in [2.05, 4.69) is 5.73 Å². The fourth-order valence-electron chi connectivity index (χ4n) is 0.391. The first kappa shape index (κ1) is 8.90. The number of hydrogen-bond acceptors (Lipinski definition) is 4. The van der Waals surface area contributed by atoms with Crippen LogP contribution in [0.25, 0.3) is 0 Å². The lowest BCUT2D eigenvalue weighted by molar-refractivity contribution is -0.483. The Labute approximate surface area is 57.5 Å². The van der Waals surface area contributed by atoms with Crippen LogP contribution in [0.3, 0.4) is 0 Å². The monoisotopic (exact) mass is 146 g/mol. The minimum Gasteiger partial charge on any atom is -0.550 e. The van der Waals surface area contributed by atoms with E-state index in [-0.39, 0.29) is 0 Å². The van der Waals surface area contributed by atoms with Crippen molar-refractivity contribution < 1.29 is 25.5 Å².